The zero-order valence-corrected chi connectivity index (χ0v) is 12.0. The van der Waals surface area contributed by atoms with Crippen molar-refractivity contribution in [1.82, 2.24) is 0 Å². The predicted octanol–water partition coefficient (Wildman–Crippen LogP) is 2.80. The van der Waals surface area contributed by atoms with E-state index in [4.69, 9.17) is 9.47 Å². The van der Waals surface area contributed by atoms with Gasteiger partial charge in [0.05, 0.1) is 0 Å². The molecule has 3 aliphatic rings. The lowest BCUT2D eigenvalue weighted by molar-refractivity contribution is -0.248. The Morgan fingerprint density at radius 2 is 2.05 bits per heavy atom. The van der Waals surface area contributed by atoms with E-state index in [1.807, 2.05) is 18.2 Å². The second kappa shape index (κ2) is 4.33. The average molecular weight is 286 g/mol. The number of carbonyl (C=O) groups is 2. The van der Waals surface area contributed by atoms with Crippen LogP contribution in [0, 0.1) is 17.8 Å². The lowest BCUT2D eigenvalue weighted by Gasteiger charge is -2.62. The normalized spacial score (nSPS) is 36.4. The van der Waals surface area contributed by atoms with Crippen LogP contribution in [0.4, 0.5) is 0 Å². The number of esters is 2. The molecule has 1 aliphatic heterocycles. The van der Waals surface area contributed by atoms with Gasteiger partial charge in [-0.1, -0.05) is 31.0 Å². The maximum absolute atomic E-state index is 12.4. The Kier molecular flexibility index (Phi) is 2.65. The van der Waals surface area contributed by atoms with Crippen molar-refractivity contribution in [2.75, 3.05) is 0 Å². The summed E-state index contributed by atoms with van der Waals surface area (Å²) in [5, 5.41) is 0. The number of rotatable bonds is 1. The first-order chi connectivity index (χ1) is 10.1. The lowest BCUT2D eigenvalue weighted by atomic mass is 9.46. The van der Waals surface area contributed by atoms with E-state index in [2.05, 4.69) is 0 Å². The molecule has 0 radical (unpaired) electrons. The van der Waals surface area contributed by atoms with Gasteiger partial charge in [-0.25, -0.2) is 0 Å². The van der Waals surface area contributed by atoms with E-state index in [-0.39, 0.29) is 23.8 Å². The van der Waals surface area contributed by atoms with Crippen LogP contribution in [0.5, 0.6) is 5.75 Å². The van der Waals surface area contributed by atoms with Crippen LogP contribution in [0.3, 0.4) is 0 Å². The third kappa shape index (κ3) is 1.56. The molecule has 0 amide bonds. The van der Waals surface area contributed by atoms with Crippen molar-refractivity contribution in [2.24, 2.45) is 17.8 Å². The molecule has 4 nitrogen and oxygen atoms in total. The van der Waals surface area contributed by atoms with Crippen LogP contribution in [0.15, 0.2) is 24.3 Å². The van der Waals surface area contributed by atoms with Gasteiger partial charge in [0.25, 0.3) is 0 Å². The van der Waals surface area contributed by atoms with Crippen LogP contribution in [-0.4, -0.2) is 11.9 Å². The maximum Gasteiger partial charge on any atom is 0.319 e. The van der Waals surface area contributed by atoms with Crippen molar-refractivity contribution >= 4 is 11.9 Å². The third-order valence-electron chi connectivity index (χ3n) is 5.35. The molecule has 110 valence electrons. The number of benzene rings is 1. The highest BCUT2D eigenvalue weighted by molar-refractivity contribution is 5.83. The molecule has 4 heteroatoms. The van der Waals surface area contributed by atoms with E-state index >= 15 is 0 Å². The van der Waals surface area contributed by atoms with Gasteiger partial charge in [0, 0.05) is 18.4 Å². The highest BCUT2D eigenvalue weighted by atomic mass is 16.6. The topological polar surface area (TPSA) is 52.6 Å². The fourth-order valence-electron chi connectivity index (χ4n) is 4.72. The van der Waals surface area contributed by atoms with Crippen molar-refractivity contribution in [2.45, 2.75) is 38.2 Å². The van der Waals surface area contributed by atoms with E-state index in [1.54, 1.807) is 6.07 Å². The molecule has 2 saturated carbocycles. The molecule has 0 unspecified atom stereocenters. The smallest absolute Gasteiger partial charge is 0.319 e. The molecular weight excluding hydrogens is 268 g/mol. The van der Waals surface area contributed by atoms with Gasteiger partial charge in [-0.15, -0.1) is 0 Å². The summed E-state index contributed by atoms with van der Waals surface area (Å²) in [6, 6.07) is 7.47. The first-order valence-electron chi connectivity index (χ1n) is 7.65. The Balaban J connectivity index is 1.88. The molecule has 2 aliphatic carbocycles. The molecular formula is C17H18O4. The van der Waals surface area contributed by atoms with Gasteiger partial charge in [-0.05, 0) is 24.8 Å². The number of hydrogen-bond acceptors (Lipinski definition) is 4. The van der Waals surface area contributed by atoms with E-state index in [0.29, 0.717) is 11.7 Å². The summed E-state index contributed by atoms with van der Waals surface area (Å²) in [5.41, 5.74) is 0.0796. The standard InChI is InChI=1S/C17H18O4/c1-10(18)21-17-12-7-3-2-6-11(12)15(17)16(19)20-14-9-5-4-8-13(14)17/h4-5,8-9,11-12,15H,2-3,6-7H2,1H3/t11-,12+,15-,17+/m0/s1. The SMILES string of the molecule is CC(=O)O[C@]12c3ccccc3OC(=O)[C@@H]1[C@H]1CCCC[C@H]12. The minimum absolute atomic E-state index is 0.238. The Hall–Kier alpha value is -1.84. The second-order valence-corrected chi connectivity index (χ2v) is 6.34. The molecule has 0 N–H and O–H groups in total. The van der Waals surface area contributed by atoms with Crippen LogP contribution < -0.4 is 4.74 Å². The van der Waals surface area contributed by atoms with Crippen molar-refractivity contribution in [3.8, 4) is 5.75 Å². The Bertz CT molecular complexity index is 623. The van der Waals surface area contributed by atoms with Crippen molar-refractivity contribution in [3.63, 3.8) is 0 Å². The first kappa shape index (κ1) is 12.9. The molecule has 1 aromatic rings. The second-order valence-electron chi connectivity index (χ2n) is 6.34. The molecule has 4 rings (SSSR count). The fourth-order valence-corrected chi connectivity index (χ4v) is 4.72. The van der Waals surface area contributed by atoms with Gasteiger partial charge in [0.1, 0.15) is 11.7 Å². The predicted molar refractivity (Wildman–Crippen MR) is 74.5 cm³/mol. The molecule has 0 saturated heterocycles. The number of hydrogen-bond donors (Lipinski definition) is 0. The van der Waals surface area contributed by atoms with Gasteiger partial charge in [-0.2, -0.15) is 0 Å². The van der Waals surface area contributed by atoms with Gasteiger partial charge < -0.3 is 9.47 Å². The molecule has 4 atom stereocenters. The molecule has 0 aromatic heterocycles. The molecule has 0 bridgehead atoms. The monoisotopic (exact) mass is 286 g/mol. The summed E-state index contributed by atoms with van der Waals surface area (Å²) in [4.78, 5) is 24.2. The highest BCUT2D eigenvalue weighted by Crippen LogP contribution is 2.66. The molecule has 1 aromatic carbocycles. The van der Waals surface area contributed by atoms with Crippen LogP contribution in [0.2, 0.25) is 0 Å². The molecule has 2 fully saturated rings. The summed E-state index contributed by atoms with van der Waals surface area (Å²) in [6.07, 6.45) is 4.31. The van der Waals surface area contributed by atoms with Gasteiger partial charge in [0.15, 0.2) is 5.60 Å². The Morgan fingerprint density at radius 3 is 2.86 bits per heavy atom. The van der Waals surface area contributed by atoms with E-state index < -0.39 is 5.60 Å². The Labute approximate surface area is 123 Å². The maximum atomic E-state index is 12.4. The summed E-state index contributed by atoms with van der Waals surface area (Å²) in [7, 11) is 0. The number of ether oxygens (including phenoxy) is 2. The van der Waals surface area contributed by atoms with E-state index in [0.717, 1.165) is 31.2 Å². The van der Waals surface area contributed by atoms with E-state index in [9.17, 15) is 9.59 Å². The van der Waals surface area contributed by atoms with Crippen molar-refractivity contribution < 1.29 is 19.1 Å². The van der Waals surface area contributed by atoms with E-state index in [1.165, 1.54) is 6.92 Å². The summed E-state index contributed by atoms with van der Waals surface area (Å²) >= 11 is 0. The number of fused-ring (bicyclic) bond motifs is 6. The number of para-hydroxylation sites is 1. The lowest BCUT2D eigenvalue weighted by Crippen LogP contribution is -2.67. The largest absolute Gasteiger partial charge is 0.453 e. The first-order valence-corrected chi connectivity index (χ1v) is 7.65. The fraction of sp³-hybridized carbons (Fsp3) is 0.529. The van der Waals surface area contributed by atoms with Crippen LogP contribution in [0.1, 0.15) is 38.2 Å². The minimum atomic E-state index is -0.789. The Morgan fingerprint density at radius 1 is 1.29 bits per heavy atom. The van der Waals surface area contributed by atoms with Gasteiger partial charge in [0.2, 0.25) is 0 Å². The third-order valence-corrected chi connectivity index (χ3v) is 5.35. The highest BCUT2D eigenvalue weighted by Gasteiger charge is 2.71. The zero-order chi connectivity index (χ0) is 14.6. The van der Waals surface area contributed by atoms with Gasteiger partial charge in [-0.3, -0.25) is 9.59 Å². The molecule has 1 heterocycles. The van der Waals surface area contributed by atoms with Crippen LogP contribution in [0.25, 0.3) is 0 Å². The molecule has 21 heavy (non-hydrogen) atoms. The quantitative estimate of drug-likeness (QED) is 0.588. The van der Waals surface area contributed by atoms with Crippen molar-refractivity contribution in [3.05, 3.63) is 29.8 Å². The minimum Gasteiger partial charge on any atom is -0.453 e. The summed E-state index contributed by atoms with van der Waals surface area (Å²) in [5.74, 6) is 0.186. The summed E-state index contributed by atoms with van der Waals surface area (Å²) < 4.78 is 11.3. The number of carbonyl (C=O) groups excluding carboxylic acids is 2. The zero-order valence-electron chi connectivity index (χ0n) is 12.0. The summed E-state index contributed by atoms with van der Waals surface area (Å²) in [6.45, 7) is 1.42. The van der Waals surface area contributed by atoms with Crippen LogP contribution >= 0.6 is 0 Å². The van der Waals surface area contributed by atoms with Crippen molar-refractivity contribution in [1.29, 1.82) is 0 Å². The molecule has 0 spiro atoms. The van der Waals surface area contributed by atoms with Gasteiger partial charge >= 0.3 is 11.9 Å². The van der Waals surface area contributed by atoms with Crippen LogP contribution in [-0.2, 0) is 19.9 Å². The average Bonchev–Trinajstić information content (AvgIpc) is 2.45.